The van der Waals surface area contributed by atoms with Crippen LogP contribution in [0.2, 0.25) is 0 Å². The van der Waals surface area contributed by atoms with Crippen molar-refractivity contribution in [2.45, 2.75) is 6.92 Å². The molecule has 0 amide bonds. The van der Waals surface area contributed by atoms with Gasteiger partial charge in [-0.05, 0) is 43.3 Å². The van der Waals surface area contributed by atoms with E-state index >= 15 is 0 Å². The SMILES string of the molecule is CCOC(=O)c1c(/C=C/c2ccco2)[nH]c(=S)c(C#N)c1-c1ccco1. The number of hydrogen-bond acceptors (Lipinski definition) is 6. The first kappa shape index (κ1) is 17.5. The Morgan fingerprint density at radius 2 is 2.08 bits per heavy atom. The van der Waals surface area contributed by atoms with E-state index in [0.29, 0.717) is 22.8 Å². The Balaban J connectivity index is 2.28. The molecular weight excluding hydrogens is 352 g/mol. The molecule has 26 heavy (non-hydrogen) atoms. The summed E-state index contributed by atoms with van der Waals surface area (Å²) in [6.07, 6.45) is 6.33. The van der Waals surface area contributed by atoms with E-state index in [1.807, 2.05) is 6.07 Å². The molecule has 0 aliphatic rings. The van der Waals surface area contributed by atoms with E-state index < -0.39 is 5.97 Å². The molecule has 6 nitrogen and oxygen atoms in total. The van der Waals surface area contributed by atoms with Crippen LogP contribution in [0.25, 0.3) is 23.5 Å². The Morgan fingerprint density at radius 3 is 2.69 bits per heavy atom. The van der Waals surface area contributed by atoms with Gasteiger partial charge in [0, 0.05) is 0 Å². The maximum absolute atomic E-state index is 12.6. The molecular formula is C19H14N2O4S. The van der Waals surface area contributed by atoms with Gasteiger partial charge in [0.05, 0.1) is 41.5 Å². The number of furan rings is 2. The summed E-state index contributed by atoms with van der Waals surface area (Å²) >= 11 is 5.30. The van der Waals surface area contributed by atoms with Crippen molar-refractivity contribution in [2.24, 2.45) is 0 Å². The number of aromatic nitrogens is 1. The lowest BCUT2D eigenvalue weighted by Crippen LogP contribution is -2.11. The second-order valence-corrected chi connectivity index (χ2v) is 5.56. The van der Waals surface area contributed by atoms with Crippen LogP contribution in [0.5, 0.6) is 0 Å². The number of aromatic amines is 1. The average Bonchev–Trinajstić information content (AvgIpc) is 3.33. The predicted octanol–water partition coefficient (Wildman–Crippen LogP) is 4.82. The topological polar surface area (TPSA) is 92.2 Å². The van der Waals surface area contributed by atoms with Gasteiger partial charge < -0.3 is 18.6 Å². The quantitative estimate of drug-likeness (QED) is 0.514. The smallest absolute Gasteiger partial charge is 0.341 e. The molecule has 3 aromatic rings. The highest BCUT2D eigenvalue weighted by Crippen LogP contribution is 2.31. The first-order valence-corrected chi connectivity index (χ1v) is 8.19. The van der Waals surface area contributed by atoms with Gasteiger partial charge in [-0.2, -0.15) is 5.26 Å². The summed E-state index contributed by atoms with van der Waals surface area (Å²) in [6.45, 7) is 1.90. The van der Waals surface area contributed by atoms with Gasteiger partial charge in [-0.3, -0.25) is 0 Å². The zero-order valence-corrected chi connectivity index (χ0v) is 14.6. The molecule has 0 unspecified atom stereocenters. The first-order valence-electron chi connectivity index (χ1n) is 7.78. The minimum absolute atomic E-state index is 0.146. The van der Waals surface area contributed by atoms with Gasteiger partial charge in [-0.1, -0.05) is 12.2 Å². The van der Waals surface area contributed by atoms with Crippen LogP contribution in [0.4, 0.5) is 0 Å². The fourth-order valence-corrected chi connectivity index (χ4v) is 2.74. The number of nitrogens with zero attached hydrogens (tertiary/aromatic N) is 1. The van der Waals surface area contributed by atoms with E-state index in [0.717, 1.165) is 0 Å². The van der Waals surface area contributed by atoms with Crippen LogP contribution in [0.1, 0.15) is 34.3 Å². The third kappa shape index (κ3) is 3.36. The fourth-order valence-electron chi connectivity index (χ4n) is 2.49. The number of ether oxygens (including phenoxy) is 1. The van der Waals surface area contributed by atoms with Gasteiger partial charge in [0.25, 0.3) is 0 Å². The minimum atomic E-state index is -0.583. The maximum Gasteiger partial charge on any atom is 0.341 e. The third-order valence-electron chi connectivity index (χ3n) is 3.56. The van der Waals surface area contributed by atoms with E-state index in [1.54, 1.807) is 49.6 Å². The molecule has 130 valence electrons. The highest BCUT2D eigenvalue weighted by Gasteiger charge is 2.24. The molecule has 3 rings (SSSR count). The summed E-state index contributed by atoms with van der Waals surface area (Å²) in [4.78, 5) is 15.6. The Morgan fingerprint density at radius 1 is 1.31 bits per heavy atom. The summed E-state index contributed by atoms with van der Waals surface area (Å²) in [5, 5.41) is 9.54. The number of esters is 1. The number of pyridine rings is 1. The Labute approximate surface area is 154 Å². The molecule has 3 aromatic heterocycles. The predicted molar refractivity (Wildman–Crippen MR) is 97.6 cm³/mol. The standard InChI is InChI=1S/C19H14N2O4S/c1-2-23-19(22)17-14(8-7-12-5-3-9-24-12)21-18(26)13(11-20)16(17)15-6-4-10-25-15/h3-10H,2H2,1H3,(H,21,26)/b8-7+. The minimum Gasteiger partial charge on any atom is -0.465 e. The van der Waals surface area contributed by atoms with Gasteiger partial charge >= 0.3 is 5.97 Å². The Bertz CT molecular complexity index is 1040. The number of carbonyl (C=O) groups excluding carboxylic acids is 1. The Kier molecular flexibility index (Phi) is 5.15. The van der Waals surface area contributed by atoms with Crippen LogP contribution in [0, 0.1) is 16.0 Å². The lowest BCUT2D eigenvalue weighted by molar-refractivity contribution is 0.0526. The van der Waals surface area contributed by atoms with Crippen molar-refractivity contribution >= 4 is 30.3 Å². The molecule has 7 heteroatoms. The summed E-state index contributed by atoms with van der Waals surface area (Å²) in [7, 11) is 0. The monoisotopic (exact) mass is 366 g/mol. The van der Waals surface area contributed by atoms with Gasteiger partial charge in [0.2, 0.25) is 0 Å². The molecule has 0 radical (unpaired) electrons. The molecule has 0 fully saturated rings. The highest BCUT2D eigenvalue weighted by molar-refractivity contribution is 7.71. The van der Waals surface area contributed by atoms with E-state index in [4.69, 9.17) is 25.8 Å². The van der Waals surface area contributed by atoms with Crippen molar-refractivity contribution in [3.63, 3.8) is 0 Å². The molecule has 3 heterocycles. The number of rotatable bonds is 5. The van der Waals surface area contributed by atoms with Crippen molar-refractivity contribution in [1.29, 1.82) is 5.26 Å². The van der Waals surface area contributed by atoms with E-state index in [-0.39, 0.29) is 22.4 Å². The van der Waals surface area contributed by atoms with Crippen LogP contribution in [-0.4, -0.2) is 17.6 Å². The molecule has 0 spiro atoms. The average molecular weight is 366 g/mol. The molecule has 0 saturated carbocycles. The Hall–Kier alpha value is -3.37. The lowest BCUT2D eigenvalue weighted by Gasteiger charge is -2.12. The van der Waals surface area contributed by atoms with Crippen LogP contribution >= 0.6 is 12.2 Å². The summed E-state index contributed by atoms with van der Waals surface area (Å²) < 4.78 is 16.1. The molecule has 0 aliphatic carbocycles. The summed E-state index contributed by atoms with van der Waals surface area (Å²) in [5.74, 6) is 0.376. The van der Waals surface area contributed by atoms with E-state index in [9.17, 15) is 10.1 Å². The number of nitriles is 1. The van der Waals surface area contributed by atoms with Crippen molar-refractivity contribution in [3.05, 3.63) is 64.0 Å². The van der Waals surface area contributed by atoms with E-state index in [1.165, 1.54) is 6.26 Å². The molecule has 0 bridgehead atoms. The molecule has 1 N–H and O–H groups in total. The van der Waals surface area contributed by atoms with Crippen molar-refractivity contribution in [3.8, 4) is 17.4 Å². The maximum atomic E-state index is 12.6. The van der Waals surface area contributed by atoms with Crippen molar-refractivity contribution in [2.75, 3.05) is 6.61 Å². The van der Waals surface area contributed by atoms with Gasteiger partial charge in [0.15, 0.2) is 0 Å². The van der Waals surface area contributed by atoms with Crippen molar-refractivity contribution in [1.82, 2.24) is 4.98 Å². The van der Waals surface area contributed by atoms with Gasteiger partial charge in [0.1, 0.15) is 22.2 Å². The van der Waals surface area contributed by atoms with Crippen LogP contribution in [0.3, 0.4) is 0 Å². The van der Waals surface area contributed by atoms with Gasteiger partial charge in [-0.15, -0.1) is 0 Å². The second kappa shape index (κ2) is 7.68. The summed E-state index contributed by atoms with van der Waals surface area (Å²) in [5.41, 5.74) is 1.02. The van der Waals surface area contributed by atoms with Crippen LogP contribution in [0.15, 0.2) is 45.6 Å². The summed E-state index contributed by atoms with van der Waals surface area (Å²) in [6, 6.07) is 8.89. The fraction of sp³-hybridized carbons (Fsp3) is 0.105. The second-order valence-electron chi connectivity index (χ2n) is 5.15. The molecule has 0 aromatic carbocycles. The number of hydrogen-bond donors (Lipinski definition) is 1. The zero-order chi connectivity index (χ0) is 18.5. The largest absolute Gasteiger partial charge is 0.465 e. The van der Waals surface area contributed by atoms with Gasteiger partial charge in [-0.25, -0.2) is 4.79 Å². The normalized spacial score (nSPS) is 10.8. The lowest BCUT2D eigenvalue weighted by atomic mass is 9.99. The third-order valence-corrected chi connectivity index (χ3v) is 3.87. The number of H-pyrrole nitrogens is 1. The number of nitrogens with one attached hydrogen (secondary N) is 1. The molecule has 0 aliphatic heterocycles. The van der Waals surface area contributed by atoms with E-state index in [2.05, 4.69) is 4.98 Å². The van der Waals surface area contributed by atoms with Crippen LogP contribution < -0.4 is 0 Å². The zero-order valence-electron chi connectivity index (χ0n) is 13.8. The molecule has 0 atom stereocenters. The molecule has 0 saturated heterocycles. The highest BCUT2D eigenvalue weighted by atomic mass is 32.1. The number of carbonyl (C=O) groups is 1. The first-order chi connectivity index (χ1) is 12.7. The van der Waals surface area contributed by atoms with Crippen molar-refractivity contribution < 1.29 is 18.4 Å². The van der Waals surface area contributed by atoms with Crippen LogP contribution in [-0.2, 0) is 4.74 Å².